The predicted octanol–water partition coefficient (Wildman–Crippen LogP) is 4.82. The highest BCUT2D eigenvalue weighted by molar-refractivity contribution is 5.71. The van der Waals surface area contributed by atoms with Gasteiger partial charge in [-0.1, -0.05) is 24.3 Å². The molecule has 0 unspecified atom stereocenters. The first-order valence-electron chi connectivity index (χ1n) is 12.7. The van der Waals surface area contributed by atoms with Crippen LogP contribution in [0.3, 0.4) is 0 Å². The van der Waals surface area contributed by atoms with Gasteiger partial charge in [-0.2, -0.15) is 0 Å². The second kappa shape index (κ2) is 15.5. The van der Waals surface area contributed by atoms with E-state index < -0.39 is 23.6 Å². The monoisotopic (exact) mass is 528 g/mol. The number of hydrogen-bond donors (Lipinski definition) is 1. The summed E-state index contributed by atoms with van der Waals surface area (Å²) in [4.78, 5) is 35.1. The number of carbonyl (C=O) groups is 3. The predicted molar refractivity (Wildman–Crippen MR) is 142 cm³/mol. The molecule has 0 aliphatic heterocycles. The minimum Gasteiger partial charge on any atom is -0.482 e. The Labute approximate surface area is 224 Å². The molecule has 0 fully saturated rings. The van der Waals surface area contributed by atoms with E-state index in [1.54, 1.807) is 38.1 Å². The molecule has 9 nitrogen and oxygen atoms in total. The lowest BCUT2D eigenvalue weighted by molar-refractivity contribution is -0.146. The molecule has 0 atom stereocenters. The van der Waals surface area contributed by atoms with Gasteiger partial charge in [-0.05, 0) is 82.9 Å². The molecule has 0 spiro atoms. The molecule has 0 saturated heterocycles. The fraction of sp³-hybridized carbons (Fsp3) is 0.448. The maximum absolute atomic E-state index is 12.0. The first kappa shape index (κ1) is 30.5. The lowest BCUT2D eigenvalue weighted by atomic mass is 9.87. The summed E-state index contributed by atoms with van der Waals surface area (Å²) in [5.41, 5.74) is 1.46. The van der Waals surface area contributed by atoms with Crippen LogP contribution in [0, 0.1) is 6.42 Å². The lowest BCUT2D eigenvalue weighted by Crippen LogP contribution is -2.33. The molecule has 207 valence electrons. The van der Waals surface area contributed by atoms with Crippen LogP contribution in [0.2, 0.25) is 0 Å². The maximum Gasteiger partial charge on any atom is 0.407 e. The van der Waals surface area contributed by atoms with Crippen LogP contribution < -0.4 is 14.8 Å². The Hall–Kier alpha value is -3.75. The van der Waals surface area contributed by atoms with Crippen LogP contribution in [-0.2, 0) is 23.8 Å². The highest BCUT2D eigenvalue weighted by Crippen LogP contribution is 2.31. The molecule has 2 rings (SSSR count). The zero-order valence-corrected chi connectivity index (χ0v) is 22.8. The minimum atomic E-state index is -0.569. The van der Waals surface area contributed by atoms with Crippen molar-refractivity contribution in [3.05, 3.63) is 66.1 Å². The fourth-order valence-corrected chi connectivity index (χ4v) is 3.47. The SMILES string of the molecule is CCOC(=O)COc1ccc(C(C[CH]CNC(=O)OC(C)(C)C)c2ccc(OCC(=O)OCC)cc2)cc1. The molecule has 0 aliphatic rings. The molecule has 0 saturated carbocycles. The molecule has 1 radical (unpaired) electrons. The number of ether oxygens (including phenoxy) is 5. The molecule has 2 aromatic rings. The summed E-state index contributed by atoms with van der Waals surface area (Å²) in [5.74, 6) is 0.227. The van der Waals surface area contributed by atoms with E-state index in [1.807, 2.05) is 51.5 Å². The zero-order valence-electron chi connectivity index (χ0n) is 22.8. The Morgan fingerprint density at radius 2 is 1.24 bits per heavy atom. The molecule has 0 bridgehead atoms. The standard InChI is InChI=1S/C29H38NO8/c1-6-34-26(31)19-36-23-14-10-21(11-15-23)25(9-8-18-30-28(33)38-29(3,4)5)22-12-16-24(17-13-22)37-20-27(32)35-7-2/h8,10-17,25H,6-7,9,18-20H2,1-5H3,(H,30,33). The van der Waals surface area contributed by atoms with E-state index in [0.717, 1.165) is 11.1 Å². The van der Waals surface area contributed by atoms with E-state index in [2.05, 4.69) is 5.32 Å². The van der Waals surface area contributed by atoms with E-state index in [-0.39, 0.29) is 19.1 Å². The van der Waals surface area contributed by atoms with Crippen LogP contribution >= 0.6 is 0 Å². The average molecular weight is 529 g/mol. The van der Waals surface area contributed by atoms with Crippen molar-refractivity contribution >= 4 is 18.0 Å². The lowest BCUT2D eigenvalue weighted by Gasteiger charge is -2.21. The van der Waals surface area contributed by atoms with Crippen molar-refractivity contribution in [3.8, 4) is 11.5 Å². The van der Waals surface area contributed by atoms with Gasteiger partial charge in [0.15, 0.2) is 13.2 Å². The van der Waals surface area contributed by atoms with Crippen molar-refractivity contribution in [3.63, 3.8) is 0 Å². The number of carbonyl (C=O) groups excluding carboxylic acids is 3. The first-order chi connectivity index (χ1) is 18.1. The van der Waals surface area contributed by atoms with E-state index in [0.29, 0.717) is 37.7 Å². The first-order valence-corrected chi connectivity index (χ1v) is 12.7. The second-order valence-corrected chi connectivity index (χ2v) is 9.29. The van der Waals surface area contributed by atoms with Crippen molar-refractivity contribution < 1.29 is 38.1 Å². The number of amides is 1. The topological polar surface area (TPSA) is 109 Å². The Kier molecular flexibility index (Phi) is 12.4. The number of alkyl carbamates (subject to hydrolysis) is 1. The third kappa shape index (κ3) is 11.5. The van der Waals surface area contributed by atoms with E-state index in [9.17, 15) is 14.4 Å². The normalized spacial score (nSPS) is 11.0. The summed E-state index contributed by atoms with van der Waals surface area (Å²) in [6.45, 7) is 9.54. The molecule has 9 heteroatoms. The average Bonchev–Trinajstić information content (AvgIpc) is 2.86. The summed E-state index contributed by atoms with van der Waals surface area (Å²) in [6, 6.07) is 15.0. The van der Waals surface area contributed by atoms with Gasteiger partial charge in [0, 0.05) is 12.5 Å². The van der Waals surface area contributed by atoms with Crippen LogP contribution in [0.5, 0.6) is 11.5 Å². The van der Waals surface area contributed by atoms with E-state index >= 15 is 0 Å². The number of benzene rings is 2. The van der Waals surface area contributed by atoms with Crippen molar-refractivity contribution in [1.82, 2.24) is 5.32 Å². The van der Waals surface area contributed by atoms with Crippen LogP contribution in [0.1, 0.15) is 58.1 Å². The second-order valence-electron chi connectivity index (χ2n) is 9.29. The van der Waals surface area contributed by atoms with Crippen LogP contribution in [0.15, 0.2) is 48.5 Å². The van der Waals surface area contributed by atoms with Gasteiger partial charge < -0.3 is 29.0 Å². The highest BCUT2D eigenvalue weighted by Gasteiger charge is 2.18. The van der Waals surface area contributed by atoms with E-state index in [4.69, 9.17) is 23.7 Å². The number of rotatable bonds is 14. The summed E-state index contributed by atoms with van der Waals surface area (Å²) in [6.07, 6.45) is 2.13. The van der Waals surface area contributed by atoms with Crippen LogP contribution in [0.4, 0.5) is 4.79 Å². The zero-order chi connectivity index (χ0) is 28.0. The van der Waals surface area contributed by atoms with Gasteiger partial charge in [-0.25, -0.2) is 14.4 Å². The van der Waals surface area contributed by atoms with Crippen molar-refractivity contribution in [1.29, 1.82) is 0 Å². The summed E-state index contributed by atoms with van der Waals surface area (Å²) >= 11 is 0. The Morgan fingerprint density at radius 3 is 1.63 bits per heavy atom. The summed E-state index contributed by atoms with van der Waals surface area (Å²) in [5, 5.41) is 2.75. The van der Waals surface area contributed by atoms with Crippen molar-refractivity contribution in [2.24, 2.45) is 0 Å². The van der Waals surface area contributed by atoms with Gasteiger partial charge >= 0.3 is 18.0 Å². The van der Waals surface area contributed by atoms with Crippen LogP contribution in [0.25, 0.3) is 0 Å². The quantitative estimate of drug-likeness (QED) is 0.211. The molecule has 38 heavy (non-hydrogen) atoms. The smallest absolute Gasteiger partial charge is 0.407 e. The van der Waals surface area contributed by atoms with Gasteiger partial charge in [-0.15, -0.1) is 0 Å². The van der Waals surface area contributed by atoms with Crippen molar-refractivity contribution in [2.75, 3.05) is 33.0 Å². The van der Waals surface area contributed by atoms with Gasteiger partial charge in [0.05, 0.1) is 13.2 Å². The summed E-state index contributed by atoms with van der Waals surface area (Å²) < 4.78 is 26.1. The number of hydrogen-bond acceptors (Lipinski definition) is 8. The molecular weight excluding hydrogens is 490 g/mol. The summed E-state index contributed by atoms with van der Waals surface area (Å²) in [7, 11) is 0. The Bertz CT molecular complexity index is 947. The molecule has 0 aromatic heterocycles. The van der Waals surface area contributed by atoms with Crippen LogP contribution in [-0.4, -0.2) is 56.6 Å². The van der Waals surface area contributed by atoms with Gasteiger partial charge in [0.2, 0.25) is 0 Å². The van der Waals surface area contributed by atoms with E-state index in [1.165, 1.54) is 0 Å². The third-order valence-electron chi connectivity index (χ3n) is 5.08. The molecule has 2 aromatic carbocycles. The van der Waals surface area contributed by atoms with Crippen molar-refractivity contribution in [2.45, 2.75) is 52.6 Å². The Morgan fingerprint density at radius 1 is 0.789 bits per heavy atom. The van der Waals surface area contributed by atoms with Gasteiger partial charge in [0.25, 0.3) is 0 Å². The third-order valence-corrected chi connectivity index (χ3v) is 5.08. The fourth-order valence-electron chi connectivity index (χ4n) is 3.47. The number of nitrogens with one attached hydrogen (secondary N) is 1. The molecule has 0 aliphatic carbocycles. The maximum atomic E-state index is 12.0. The molecular formula is C29H38NO8. The highest BCUT2D eigenvalue weighted by atomic mass is 16.6. The van der Waals surface area contributed by atoms with Gasteiger partial charge in [-0.3, -0.25) is 0 Å². The molecule has 0 heterocycles. The minimum absolute atomic E-state index is 0.0337. The largest absolute Gasteiger partial charge is 0.482 e. The Balaban J connectivity index is 2.08. The molecule has 1 amide bonds. The van der Waals surface area contributed by atoms with Gasteiger partial charge in [0.1, 0.15) is 17.1 Å². The number of esters is 2. The molecule has 1 N–H and O–H groups in total.